The molecule has 1 aromatic rings. The highest BCUT2D eigenvalue weighted by atomic mass is 16.5. The van der Waals surface area contributed by atoms with Gasteiger partial charge in [-0.2, -0.15) is 0 Å². The highest BCUT2D eigenvalue weighted by Gasteiger charge is 2.29. The Morgan fingerprint density at radius 2 is 2.19 bits per heavy atom. The largest absolute Gasteiger partial charge is 0.493 e. The summed E-state index contributed by atoms with van der Waals surface area (Å²) in [6.45, 7) is 5.42. The lowest BCUT2D eigenvalue weighted by Gasteiger charge is -2.16. The topological polar surface area (TPSA) is 21.3 Å². The quantitative estimate of drug-likeness (QED) is 0.780. The molecule has 2 heteroatoms. The van der Waals surface area contributed by atoms with Crippen LogP contribution in [0.2, 0.25) is 0 Å². The minimum Gasteiger partial charge on any atom is -0.493 e. The number of hydrogen-bond acceptors (Lipinski definition) is 2. The Morgan fingerprint density at radius 3 is 2.94 bits per heavy atom. The summed E-state index contributed by atoms with van der Waals surface area (Å²) in [5.41, 5.74) is 2.87. The smallest absolute Gasteiger partial charge is 0.122 e. The van der Waals surface area contributed by atoms with Gasteiger partial charge in [0.2, 0.25) is 0 Å². The third-order valence-corrected chi connectivity index (χ3v) is 3.90. The van der Waals surface area contributed by atoms with Gasteiger partial charge in [-0.05, 0) is 37.5 Å². The van der Waals surface area contributed by atoms with Crippen LogP contribution in [0, 0.1) is 0 Å². The second-order valence-electron chi connectivity index (χ2n) is 5.16. The van der Waals surface area contributed by atoms with Gasteiger partial charge in [0.05, 0.1) is 6.61 Å². The van der Waals surface area contributed by atoms with Gasteiger partial charge in [-0.15, -0.1) is 0 Å². The Kier molecular flexibility index (Phi) is 2.40. The molecule has 2 aliphatic rings. The van der Waals surface area contributed by atoms with Crippen molar-refractivity contribution in [3.8, 4) is 5.75 Å². The van der Waals surface area contributed by atoms with E-state index in [1.165, 1.54) is 17.5 Å². The summed E-state index contributed by atoms with van der Waals surface area (Å²) < 4.78 is 5.55. The molecule has 16 heavy (non-hydrogen) atoms. The maximum absolute atomic E-state index is 5.55. The minimum atomic E-state index is 0.593. The summed E-state index contributed by atoms with van der Waals surface area (Å²) in [6.07, 6.45) is 2.33. The molecule has 2 aliphatic heterocycles. The summed E-state index contributed by atoms with van der Waals surface area (Å²) in [5, 5.41) is 3.60. The summed E-state index contributed by atoms with van der Waals surface area (Å²) in [6, 6.07) is 7.97. The van der Waals surface area contributed by atoms with Crippen molar-refractivity contribution in [1.29, 1.82) is 0 Å². The minimum absolute atomic E-state index is 0.593. The van der Waals surface area contributed by atoms with Crippen LogP contribution in [0.15, 0.2) is 18.2 Å². The third-order valence-electron chi connectivity index (χ3n) is 3.90. The van der Waals surface area contributed by atoms with E-state index in [-0.39, 0.29) is 0 Å². The molecule has 0 bridgehead atoms. The number of benzene rings is 1. The van der Waals surface area contributed by atoms with Crippen molar-refractivity contribution in [2.75, 3.05) is 6.61 Å². The van der Waals surface area contributed by atoms with E-state index in [2.05, 4.69) is 37.4 Å². The van der Waals surface area contributed by atoms with E-state index in [0.29, 0.717) is 18.0 Å². The zero-order chi connectivity index (χ0) is 11.1. The van der Waals surface area contributed by atoms with Gasteiger partial charge in [-0.25, -0.2) is 0 Å². The Hall–Kier alpha value is -1.02. The zero-order valence-corrected chi connectivity index (χ0v) is 9.99. The van der Waals surface area contributed by atoms with Gasteiger partial charge in [0.25, 0.3) is 0 Å². The molecule has 3 unspecified atom stereocenters. The summed E-state index contributed by atoms with van der Waals surface area (Å²) >= 11 is 0. The summed E-state index contributed by atoms with van der Waals surface area (Å²) in [7, 11) is 0. The molecule has 3 rings (SSSR count). The van der Waals surface area contributed by atoms with Gasteiger partial charge in [-0.3, -0.25) is 0 Å². The molecule has 1 aromatic carbocycles. The van der Waals surface area contributed by atoms with Crippen molar-refractivity contribution in [2.24, 2.45) is 0 Å². The maximum Gasteiger partial charge on any atom is 0.122 e. The van der Waals surface area contributed by atoms with E-state index in [0.717, 1.165) is 18.8 Å². The standard InChI is InChI=1S/C14H19NO/c1-9-7-13(10(2)15-9)11-3-4-14-12(8-11)5-6-16-14/h3-4,8-10,13,15H,5-7H2,1-2H3. The van der Waals surface area contributed by atoms with Crippen LogP contribution in [-0.4, -0.2) is 18.7 Å². The number of ether oxygens (including phenoxy) is 1. The predicted molar refractivity (Wildman–Crippen MR) is 65.1 cm³/mol. The van der Waals surface area contributed by atoms with Gasteiger partial charge in [-0.1, -0.05) is 12.1 Å². The molecule has 3 atom stereocenters. The lowest BCUT2D eigenvalue weighted by atomic mass is 9.90. The lowest BCUT2D eigenvalue weighted by molar-refractivity contribution is 0.356. The fourth-order valence-corrected chi connectivity index (χ4v) is 3.08. The molecule has 0 saturated carbocycles. The monoisotopic (exact) mass is 217 g/mol. The SMILES string of the molecule is CC1CC(c2ccc3c(c2)CCO3)C(C)N1. The van der Waals surface area contributed by atoms with Crippen LogP contribution in [0.1, 0.15) is 37.3 Å². The average Bonchev–Trinajstić information content (AvgIpc) is 2.83. The van der Waals surface area contributed by atoms with Crippen LogP contribution >= 0.6 is 0 Å². The first-order valence-electron chi connectivity index (χ1n) is 6.25. The van der Waals surface area contributed by atoms with E-state index in [9.17, 15) is 0 Å². The predicted octanol–water partition coefficient (Wildman–Crippen LogP) is 2.48. The van der Waals surface area contributed by atoms with Crippen molar-refractivity contribution in [1.82, 2.24) is 5.32 Å². The molecule has 1 fully saturated rings. The van der Waals surface area contributed by atoms with Crippen molar-refractivity contribution in [3.05, 3.63) is 29.3 Å². The number of fused-ring (bicyclic) bond motifs is 1. The van der Waals surface area contributed by atoms with E-state index in [1.54, 1.807) is 0 Å². The first kappa shape index (κ1) is 10.2. The van der Waals surface area contributed by atoms with Crippen molar-refractivity contribution < 1.29 is 4.74 Å². The molecule has 86 valence electrons. The van der Waals surface area contributed by atoms with Crippen molar-refractivity contribution in [3.63, 3.8) is 0 Å². The highest BCUT2D eigenvalue weighted by molar-refractivity contribution is 5.41. The molecule has 1 N–H and O–H groups in total. The summed E-state index contributed by atoms with van der Waals surface area (Å²) in [5.74, 6) is 1.76. The third kappa shape index (κ3) is 1.61. The second kappa shape index (κ2) is 3.77. The molecular formula is C14H19NO. The molecule has 2 heterocycles. The number of nitrogens with one attached hydrogen (secondary N) is 1. The van der Waals surface area contributed by atoms with Crippen LogP contribution in [0.3, 0.4) is 0 Å². The van der Waals surface area contributed by atoms with Crippen LogP contribution < -0.4 is 10.1 Å². The van der Waals surface area contributed by atoms with E-state index in [1.807, 2.05) is 0 Å². The average molecular weight is 217 g/mol. The molecule has 2 nitrogen and oxygen atoms in total. The number of hydrogen-bond donors (Lipinski definition) is 1. The molecule has 0 radical (unpaired) electrons. The van der Waals surface area contributed by atoms with Crippen molar-refractivity contribution >= 4 is 0 Å². The normalized spacial score (nSPS) is 32.5. The van der Waals surface area contributed by atoms with E-state index in [4.69, 9.17) is 4.74 Å². The molecule has 0 amide bonds. The van der Waals surface area contributed by atoms with Gasteiger partial charge < -0.3 is 10.1 Å². The van der Waals surface area contributed by atoms with Gasteiger partial charge in [0.1, 0.15) is 5.75 Å². The Balaban J connectivity index is 1.89. The highest BCUT2D eigenvalue weighted by Crippen LogP contribution is 2.34. The fourth-order valence-electron chi connectivity index (χ4n) is 3.08. The van der Waals surface area contributed by atoms with Crippen LogP contribution in [0.4, 0.5) is 0 Å². The molecule has 0 aromatic heterocycles. The Labute approximate surface area is 97.0 Å². The molecular weight excluding hydrogens is 198 g/mol. The Morgan fingerprint density at radius 1 is 1.31 bits per heavy atom. The van der Waals surface area contributed by atoms with E-state index >= 15 is 0 Å². The zero-order valence-electron chi connectivity index (χ0n) is 9.99. The van der Waals surface area contributed by atoms with Crippen LogP contribution in [0.25, 0.3) is 0 Å². The maximum atomic E-state index is 5.55. The van der Waals surface area contributed by atoms with Crippen molar-refractivity contribution in [2.45, 2.75) is 44.7 Å². The van der Waals surface area contributed by atoms with Gasteiger partial charge in [0, 0.05) is 24.4 Å². The first-order valence-corrected chi connectivity index (χ1v) is 6.25. The lowest BCUT2D eigenvalue weighted by Crippen LogP contribution is -2.26. The van der Waals surface area contributed by atoms with Gasteiger partial charge in [0.15, 0.2) is 0 Å². The number of rotatable bonds is 1. The van der Waals surface area contributed by atoms with Crippen LogP contribution in [-0.2, 0) is 6.42 Å². The first-order chi connectivity index (χ1) is 7.74. The Bertz CT molecular complexity index is 402. The van der Waals surface area contributed by atoms with Gasteiger partial charge >= 0.3 is 0 Å². The van der Waals surface area contributed by atoms with Crippen LogP contribution in [0.5, 0.6) is 5.75 Å². The molecule has 0 spiro atoms. The molecule has 1 saturated heterocycles. The second-order valence-corrected chi connectivity index (χ2v) is 5.16. The summed E-state index contributed by atoms with van der Waals surface area (Å²) in [4.78, 5) is 0. The molecule has 0 aliphatic carbocycles. The van der Waals surface area contributed by atoms with E-state index < -0.39 is 0 Å². The fraction of sp³-hybridized carbons (Fsp3) is 0.571.